The molecule has 0 bridgehead atoms. The molecule has 0 aromatic carbocycles. The second-order valence-corrected chi connectivity index (χ2v) is 6.85. The first-order valence-electron chi connectivity index (χ1n) is 7.82. The third kappa shape index (κ3) is 2.89. The van der Waals surface area contributed by atoms with Crippen molar-refractivity contribution in [3.63, 3.8) is 0 Å². The van der Waals surface area contributed by atoms with Gasteiger partial charge in [0.2, 0.25) is 0 Å². The number of pyridine rings is 1. The first-order valence-corrected chi connectivity index (χ1v) is 7.82. The van der Waals surface area contributed by atoms with E-state index in [0.29, 0.717) is 5.41 Å². The Labute approximate surface area is 123 Å². The molecule has 1 fully saturated rings. The van der Waals surface area contributed by atoms with Gasteiger partial charge in [0, 0.05) is 31.0 Å². The molecule has 1 aliphatic carbocycles. The summed E-state index contributed by atoms with van der Waals surface area (Å²) in [6.45, 7) is 6.60. The summed E-state index contributed by atoms with van der Waals surface area (Å²) >= 11 is 0. The van der Waals surface area contributed by atoms with Crippen LogP contribution in [-0.4, -0.2) is 35.6 Å². The number of nitrogens with zero attached hydrogens (tertiary/aromatic N) is 2. The SMILES string of the molecule is CN(CCc1ccncc1)C1(CN)CCCCC1(C)C. The molecular formula is C17H29N3. The standard InChI is InChI=1S/C17H29N3/c1-16(2)9-4-5-10-17(16,14-18)20(3)13-8-15-6-11-19-12-7-15/h6-7,11-12H,4-5,8-10,13-14,18H2,1-3H3. The van der Waals surface area contributed by atoms with Crippen molar-refractivity contribution < 1.29 is 0 Å². The maximum atomic E-state index is 6.23. The summed E-state index contributed by atoms with van der Waals surface area (Å²) in [6, 6.07) is 4.21. The average molecular weight is 275 g/mol. The van der Waals surface area contributed by atoms with Gasteiger partial charge in [-0.05, 0) is 49.4 Å². The molecule has 112 valence electrons. The Morgan fingerprint density at radius 1 is 1.20 bits per heavy atom. The van der Waals surface area contributed by atoms with E-state index in [4.69, 9.17) is 5.73 Å². The normalized spacial score (nSPS) is 25.9. The second-order valence-electron chi connectivity index (χ2n) is 6.85. The molecule has 0 spiro atoms. The fraction of sp³-hybridized carbons (Fsp3) is 0.706. The summed E-state index contributed by atoms with van der Waals surface area (Å²) in [4.78, 5) is 6.60. The highest BCUT2D eigenvalue weighted by Gasteiger charge is 2.47. The molecule has 1 unspecified atom stereocenters. The van der Waals surface area contributed by atoms with Crippen molar-refractivity contribution in [2.45, 2.75) is 51.5 Å². The monoisotopic (exact) mass is 275 g/mol. The molecule has 0 saturated heterocycles. The molecule has 1 heterocycles. The maximum Gasteiger partial charge on any atom is 0.0379 e. The number of likely N-dealkylation sites (N-methyl/N-ethyl adjacent to an activating group) is 1. The quantitative estimate of drug-likeness (QED) is 0.898. The van der Waals surface area contributed by atoms with E-state index in [2.05, 4.69) is 42.9 Å². The molecule has 1 saturated carbocycles. The van der Waals surface area contributed by atoms with Gasteiger partial charge in [-0.15, -0.1) is 0 Å². The van der Waals surface area contributed by atoms with Crippen LogP contribution < -0.4 is 5.73 Å². The average Bonchev–Trinajstić information content (AvgIpc) is 2.46. The summed E-state index contributed by atoms with van der Waals surface area (Å²) < 4.78 is 0. The van der Waals surface area contributed by atoms with Crippen LogP contribution in [0.1, 0.15) is 45.1 Å². The molecule has 1 aliphatic rings. The number of aromatic nitrogens is 1. The summed E-state index contributed by atoms with van der Waals surface area (Å²) in [5.41, 5.74) is 8.04. The maximum absolute atomic E-state index is 6.23. The van der Waals surface area contributed by atoms with E-state index in [1.807, 2.05) is 12.4 Å². The molecule has 2 N–H and O–H groups in total. The molecule has 2 rings (SSSR count). The van der Waals surface area contributed by atoms with E-state index in [1.54, 1.807) is 0 Å². The molecule has 20 heavy (non-hydrogen) atoms. The predicted molar refractivity (Wildman–Crippen MR) is 84.6 cm³/mol. The zero-order valence-corrected chi connectivity index (χ0v) is 13.2. The van der Waals surface area contributed by atoms with Crippen LogP contribution in [-0.2, 0) is 6.42 Å². The lowest BCUT2D eigenvalue weighted by Crippen LogP contribution is -2.62. The molecule has 0 amide bonds. The molecule has 3 heteroatoms. The third-order valence-electron chi connectivity index (χ3n) is 5.46. The lowest BCUT2D eigenvalue weighted by atomic mass is 9.62. The van der Waals surface area contributed by atoms with Crippen LogP contribution in [0.5, 0.6) is 0 Å². The van der Waals surface area contributed by atoms with Gasteiger partial charge in [0.05, 0.1) is 0 Å². The van der Waals surface area contributed by atoms with E-state index in [9.17, 15) is 0 Å². The third-order valence-corrected chi connectivity index (χ3v) is 5.46. The Bertz CT molecular complexity index is 416. The van der Waals surface area contributed by atoms with Gasteiger partial charge in [0.1, 0.15) is 0 Å². The fourth-order valence-corrected chi connectivity index (χ4v) is 3.86. The van der Waals surface area contributed by atoms with Crippen molar-refractivity contribution in [3.05, 3.63) is 30.1 Å². The summed E-state index contributed by atoms with van der Waals surface area (Å²) in [6.07, 6.45) is 9.97. The van der Waals surface area contributed by atoms with Crippen molar-refractivity contribution in [2.75, 3.05) is 20.1 Å². The Balaban J connectivity index is 2.06. The minimum absolute atomic E-state index is 0.151. The second kappa shape index (κ2) is 6.23. The predicted octanol–water partition coefficient (Wildman–Crippen LogP) is 2.85. The highest BCUT2D eigenvalue weighted by Crippen LogP contribution is 2.46. The summed E-state index contributed by atoms with van der Waals surface area (Å²) in [5.74, 6) is 0. The van der Waals surface area contributed by atoms with Crippen LogP contribution >= 0.6 is 0 Å². The van der Waals surface area contributed by atoms with Gasteiger partial charge >= 0.3 is 0 Å². The first kappa shape index (κ1) is 15.5. The fourth-order valence-electron chi connectivity index (χ4n) is 3.86. The molecule has 1 aromatic heterocycles. The van der Waals surface area contributed by atoms with Gasteiger partial charge in [0.15, 0.2) is 0 Å². The molecule has 0 radical (unpaired) electrons. The zero-order valence-electron chi connectivity index (χ0n) is 13.2. The number of rotatable bonds is 5. The number of nitrogens with two attached hydrogens (primary N) is 1. The van der Waals surface area contributed by atoms with Crippen molar-refractivity contribution in [1.82, 2.24) is 9.88 Å². The van der Waals surface area contributed by atoms with Gasteiger partial charge in [-0.1, -0.05) is 26.7 Å². The lowest BCUT2D eigenvalue weighted by Gasteiger charge is -2.55. The Hall–Kier alpha value is -0.930. The van der Waals surface area contributed by atoms with Crippen LogP contribution in [0, 0.1) is 5.41 Å². The van der Waals surface area contributed by atoms with Gasteiger partial charge in [-0.3, -0.25) is 9.88 Å². The topological polar surface area (TPSA) is 42.2 Å². The van der Waals surface area contributed by atoms with Crippen LogP contribution in [0.25, 0.3) is 0 Å². The first-order chi connectivity index (χ1) is 9.52. The Morgan fingerprint density at radius 3 is 2.45 bits per heavy atom. The Kier molecular flexibility index (Phi) is 4.82. The van der Waals surface area contributed by atoms with Crippen LogP contribution in [0.4, 0.5) is 0 Å². The number of hydrogen-bond donors (Lipinski definition) is 1. The van der Waals surface area contributed by atoms with E-state index >= 15 is 0 Å². The van der Waals surface area contributed by atoms with Crippen molar-refractivity contribution in [2.24, 2.45) is 11.1 Å². The van der Waals surface area contributed by atoms with Gasteiger partial charge in [-0.25, -0.2) is 0 Å². The van der Waals surface area contributed by atoms with E-state index < -0.39 is 0 Å². The van der Waals surface area contributed by atoms with E-state index in [0.717, 1.165) is 19.5 Å². The molecule has 3 nitrogen and oxygen atoms in total. The molecule has 0 aliphatic heterocycles. The Morgan fingerprint density at radius 2 is 1.85 bits per heavy atom. The summed E-state index contributed by atoms with van der Waals surface area (Å²) in [7, 11) is 2.25. The molecule has 1 aromatic rings. The largest absolute Gasteiger partial charge is 0.329 e. The smallest absolute Gasteiger partial charge is 0.0379 e. The van der Waals surface area contributed by atoms with E-state index in [1.165, 1.54) is 31.2 Å². The van der Waals surface area contributed by atoms with E-state index in [-0.39, 0.29) is 5.54 Å². The minimum atomic E-state index is 0.151. The van der Waals surface area contributed by atoms with Crippen LogP contribution in [0.15, 0.2) is 24.5 Å². The van der Waals surface area contributed by atoms with Crippen molar-refractivity contribution >= 4 is 0 Å². The van der Waals surface area contributed by atoms with Crippen LogP contribution in [0.2, 0.25) is 0 Å². The zero-order chi connectivity index (χ0) is 14.6. The molecular weight excluding hydrogens is 246 g/mol. The highest BCUT2D eigenvalue weighted by molar-refractivity contribution is 5.11. The number of hydrogen-bond acceptors (Lipinski definition) is 3. The minimum Gasteiger partial charge on any atom is -0.329 e. The van der Waals surface area contributed by atoms with Gasteiger partial charge < -0.3 is 5.73 Å². The molecule has 1 atom stereocenters. The van der Waals surface area contributed by atoms with Crippen molar-refractivity contribution in [1.29, 1.82) is 0 Å². The van der Waals surface area contributed by atoms with Crippen LogP contribution in [0.3, 0.4) is 0 Å². The highest BCUT2D eigenvalue weighted by atomic mass is 15.2. The van der Waals surface area contributed by atoms with Crippen molar-refractivity contribution in [3.8, 4) is 0 Å². The van der Waals surface area contributed by atoms with Gasteiger partial charge in [0.25, 0.3) is 0 Å². The van der Waals surface area contributed by atoms with Gasteiger partial charge in [-0.2, -0.15) is 0 Å². The lowest BCUT2D eigenvalue weighted by molar-refractivity contribution is -0.0280. The summed E-state index contributed by atoms with van der Waals surface area (Å²) in [5, 5.41) is 0.